The number of fused-ring (bicyclic) bond motifs is 1. The molecule has 8 heteroatoms. The Hall–Kier alpha value is -1.60. The zero-order valence-electron chi connectivity index (χ0n) is 13.6. The van der Waals surface area contributed by atoms with Crippen molar-refractivity contribution in [2.24, 2.45) is 11.8 Å². The standard InChI is InChI=1S/C16H23F3N4O/c17-16(18,19)12-6-4-5-11(9-12)15(24)20-10-14-22-21-13-7-2-1-3-8-23(13)14/h11-12H,1-10H2,(H,20,24)/t11-,12+/m0/s1. The lowest BCUT2D eigenvalue weighted by atomic mass is 9.80. The van der Waals surface area contributed by atoms with Crippen molar-refractivity contribution in [1.29, 1.82) is 0 Å². The van der Waals surface area contributed by atoms with E-state index in [0.29, 0.717) is 18.7 Å². The summed E-state index contributed by atoms with van der Waals surface area (Å²) >= 11 is 0. The Morgan fingerprint density at radius 1 is 1.17 bits per heavy atom. The highest BCUT2D eigenvalue weighted by atomic mass is 19.4. The lowest BCUT2D eigenvalue weighted by molar-refractivity contribution is -0.186. The number of hydrogen-bond acceptors (Lipinski definition) is 3. The van der Waals surface area contributed by atoms with Crippen molar-refractivity contribution in [2.45, 2.75) is 70.6 Å². The lowest BCUT2D eigenvalue weighted by Crippen LogP contribution is -2.37. The summed E-state index contributed by atoms with van der Waals surface area (Å²) in [6.07, 6.45) is 0.973. The first kappa shape index (κ1) is 17.2. The Morgan fingerprint density at radius 2 is 2.00 bits per heavy atom. The zero-order chi connectivity index (χ0) is 17.2. The second kappa shape index (κ2) is 7.11. The van der Waals surface area contributed by atoms with Crippen LogP contribution in [0.1, 0.15) is 56.6 Å². The normalized spacial score (nSPS) is 25.0. The molecule has 0 saturated heterocycles. The van der Waals surface area contributed by atoms with Gasteiger partial charge in [0.1, 0.15) is 5.82 Å². The Kier molecular flexibility index (Phi) is 5.10. The van der Waals surface area contributed by atoms with E-state index in [1.54, 1.807) is 0 Å². The first-order chi connectivity index (χ1) is 11.4. The maximum Gasteiger partial charge on any atom is 0.391 e. The van der Waals surface area contributed by atoms with E-state index in [1.807, 2.05) is 4.57 Å². The molecule has 1 aliphatic heterocycles. The van der Waals surface area contributed by atoms with Gasteiger partial charge in [-0.1, -0.05) is 12.8 Å². The van der Waals surface area contributed by atoms with E-state index in [2.05, 4.69) is 15.5 Å². The number of hydrogen-bond donors (Lipinski definition) is 1. The van der Waals surface area contributed by atoms with Crippen LogP contribution >= 0.6 is 0 Å². The minimum Gasteiger partial charge on any atom is -0.349 e. The van der Waals surface area contributed by atoms with Crippen LogP contribution < -0.4 is 5.32 Å². The van der Waals surface area contributed by atoms with Gasteiger partial charge in [-0.2, -0.15) is 13.2 Å². The second-order valence-corrected chi connectivity index (χ2v) is 6.81. The fourth-order valence-corrected chi connectivity index (χ4v) is 3.71. The topological polar surface area (TPSA) is 59.8 Å². The van der Waals surface area contributed by atoms with Crippen LogP contribution in [-0.2, 0) is 24.3 Å². The van der Waals surface area contributed by atoms with Crippen molar-refractivity contribution in [3.8, 4) is 0 Å². The molecule has 5 nitrogen and oxygen atoms in total. The number of alkyl halides is 3. The molecule has 2 aliphatic rings. The third-order valence-corrected chi connectivity index (χ3v) is 5.11. The van der Waals surface area contributed by atoms with Gasteiger partial charge in [-0.05, 0) is 32.1 Å². The molecule has 1 aromatic rings. The molecule has 2 atom stereocenters. The fraction of sp³-hybridized carbons (Fsp3) is 0.812. The molecule has 0 bridgehead atoms. The smallest absolute Gasteiger partial charge is 0.349 e. The summed E-state index contributed by atoms with van der Waals surface area (Å²) in [7, 11) is 0. The van der Waals surface area contributed by atoms with E-state index in [9.17, 15) is 18.0 Å². The monoisotopic (exact) mass is 344 g/mol. The molecular weight excluding hydrogens is 321 g/mol. The van der Waals surface area contributed by atoms with Gasteiger partial charge in [0.15, 0.2) is 5.82 Å². The highest BCUT2D eigenvalue weighted by molar-refractivity contribution is 5.78. The SMILES string of the molecule is O=C(NCc1nnc2n1CCCCC2)[C@H]1CCC[C@@H](C(F)(F)F)C1. The molecule has 3 rings (SSSR count). The zero-order valence-corrected chi connectivity index (χ0v) is 13.6. The molecule has 0 radical (unpaired) electrons. The average molecular weight is 344 g/mol. The predicted octanol–water partition coefficient (Wildman–Crippen LogP) is 2.99. The molecule has 1 amide bonds. The van der Waals surface area contributed by atoms with E-state index < -0.39 is 18.0 Å². The third-order valence-electron chi connectivity index (χ3n) is 5.11. The van der Waals surface area contributed by atoms with E-state index in [0.717, 1.165) is 38.1 Å². The van der Waals surface area contributed by atoms with Crippen molar-refractivity contribution in [2.75, 3.05) is 0 Å². The van der Waals surface area contributed by atoms with Gasteiger partial charge in [0.2, 0.25) is 5.91 Å². The number of carbonyl (C=O) groups is 1. The number of rotatable bonds is 3. The van der Waals surface area contributed by atoms with Crippen LogP contribution in [0.3, 0.4) is 0 Å². The summed E-state index contributed by atoms with van der Waals surface area (Å²) in [4.78, 5) is 12.3. The van der Waals surface area contributed by atoms with Crippen molar-refractivity contribution in [3.05, 3.63) is 11.6 Å². The first-order valence-electron chi connectivity index (χ1n) is 8.70. The minimum atomic E-state index is -4.21. The van der Waals surface area contributed by atoms with Gasteiger partial charge in [0.25, 0.3) is 0 Å². The summed E-state index contributed by atoms with van der Waals surface area (Å²) < 4.78 is 40.6. The minimum absolute atomic E-state index is 0.104. The van der Waals surface area contributed by atoms with Crippen LogP contribution in [0.4, 0.5) is 13.2 Å². The highest BCUT2D eigenvalue weighted by Gasteiger charge is 2.43. The number of nitrogens with zero attached hydrogens (tertiary/aromatic N) is 3. The Morgan fingerprint density at radius 3 is 2.79 bits per heavy atom. The summed E-state index contributed by atoms with van der Waals surface area (Å²) in [6.45, 7) is 1.08. The maximum atomic E-state index is 12.9. The van der Waals surface area contributed by atoms with Gasteiger partial charge in [0.05, 0.1) is 12.5 Å². The van der Waals surface area contributed by atoms with Gasteiger partial charge in [-0.15, -0.1) is 10.2 Å². The quantitative estimate of drug-likeness (QED) is 0.917. The van der Waals surface area contributed by atoms with Crippen molar-refractivity contribution in [1.82, 2.24) is 20.1 Å². The summed E-state index contributed by atoms with van der Waals surface area (Å²) in [5, 5.41) is 11.1. The fourth-order valence-electron chi connectivity index (χ4n) is 3.71. The molecule has 0 spiro atoms. The Labute approximate surface area is 139 Å². The largest absolute Gasteiger partial charge is 0.391 e. The molecule has 1 fully saturated rings. The molecule has 1 saturated carbocycles. The molecular formula is C16H23F3N4O. The van der Waals surface area contributed by atoms with Crippen molar-refractivity contribution < 1.29 is 18.0 Å². The lowest BCUT2D eigenvalue weighted by Gasteiger charge is -2.29. The number of nitrogens with one attached hydrogen (secondary N) is 1. The van der Waals surface area contributed by atoms with Crippen molar-refractivity contribution >= 4 is 5.91 Å². The Bertz CT molecular complexity index is 584. The summed E-state index contributed by atoms with van der Waals surface area (Å²) in [5.41, 5.74) is 0. The number of amides is 1. The Balaban J connectivity index is 1.57. The van der Waals surface area contributed by atoms with E-state index in [4.69, 9.17) is 0 Å². The van der Waals surface area contributed by atoms with Gasteiger partial charge in [-0.3, -0.25) is 4.79 Å². The molecule has 1 aliphatic carbocycles. The molecule has 0 unspecified atom stereocenters. The molecule has 24 heavy (non-hydrogen) atoms. The second-order valence-electron chi connectivity index (χ2n) is 6.81. The number of halogens is 3. The van der Waals surface area contributed by atoms with E-state index >= 15 is 0 Å². The van der Waals surface area contributed by atoms with Gasteiger partial charge >= 0.3 is 6.18 Å². The van der Waals surface area contributed by atoms with E-state index in [-0.39, 0.29) is 25.3 Å². The van der Waals surface area contributed by atoms with Crippen LogP contribution in [0.2, 0.25) is 0 Å². The molecule has 1 N–H and O–H groups in total. The van der Waals surface area contributed by atoms with Gasteiger partial charge in [0, 0.05) is 18.9 Å². The first-order valence-corrected chi connectivity index (χ1v) is 8.70. The van der Waals surface area contributed by atoms with Gasteiger partial charge < -0.3 is 9.88 Å². The number of aromatic nitrogens is 3. The van der Waals surface area contributed by atoms with Crippen molar-refractivity contribution in [3.63, 3.8) is 0 Å². The number of carbonyl (C=O) groups excluding carboxylic acids is 1. The highest BCUT2D eigenvalue weighted by Crippen LogP contribution is 2.39. The average Bonchev–Trinajstić information content (AvgIpc) is 2.78. The summed E-state index contributed by atoms with van der Waals surface area (Å²) in [5.74, 6) is -0.576. The third kappa shape index (κ3) is 3.89. The maximum absolute atomic E-state index is 12.9. The molecule has 134 valence electrons. The van der Waals surface area contributed by atoms with Crippen LogP contribution in [0, 0.1) is 11.8 Å². The number of aryl methyl sites for hydroxylation is 1. The van der Waals surface area contributed by atoms with E-state index in [1.165, 1.54) is 0 Å². The summed E-state index contributed by atoms with van der Waals surface area (Å²) in [6, 6.07) is 0. The molecule has 0 aromatic carbocycles. The van der Waals surface area contributed by atoms with Crippen LogP contribution in [0.25, 0.3) is 0 Å². The molecule has 2 heterocycles. The van der Waals surface area contributed by atoms with Crippen LogP contribution in [0.5, 0.6) is 0 Å². The molecule has 1 aromatic heterocycles. The predicted molar refractivity (Wildman–Crippen MR) is 80.9 cm³/mol. The van der Waals surface area contributed by atoms with Gasteiger partial charge in [-0.25, -0.2) is 0 Å². The van der Waals surface area contributed by atoms with Crippen LogP contribution in [-0.4, -0.2) is 26.8 Å². The van der Waals surface area contributed by atoms with Crippen LogP contribution in [0.15, 0.2) is 0 Å².